The number of thioether (sulfide) groups is 1. The zero-order chi connectivity index (χ0) is 17.8. The smallest absolute Gasteiger partial charge is 0.131 e. The lowest BCUT2D eigenvalue weighted by Crippen LogP contribution is -2.27. The van der Waals surface area contributed by atoms with Gasteiger partial charge in [0.1, 0.15) is 10.9 Å². The quantitative estimate of drug-likeness (QED) is 0.433. The predicted molar refractivity (Wildman–Crippen MR) is 106 cm³/mol. The standard InChI is InChI=1S/C17H20ClN3O2S2/c1-22-9-10(19)6-13-17(24-2)15-16(25-13)12(7-14(18)21-15)20-8-11-4-3-5-23-11/h3-5,7,10H,6,8-9,19H2,1-2H3,(H,20,21). The Kier molecular flexibility index (Phi) is 6.24. The molecule has 8 heteroatoms. The van der Waals surface area contributed by atoms with Gasteiger partial charge in [0, 0.05) is 35.4 Å². The van der Waals surface area contributed by atoms with E-state index in [1.54, 1.807) is 36.5 Å². The van der Waals surface area contributed by atoms with Crippen molar-refractivity contribution in [2.75, 3.05) is 25.3 Å². The zero-order valence-corrected chi connectivity index (χ0v) is 16.4. The molecule has 3 rings (SSSR count). The molecule has 0 bridgehead atoms. The van der Waals surface area contributed by atoms with Crippen LogP contribution >= 0.6 is 34.7 Å². The molecule has 25 heavy (non-hydrogen) atoms. The minimum absolute atomic E-state index is 0.0426. The summed E-state index contributed by atoms with van der Waals surface area (Å²) in [4.78, 5) is 6.89. The lowest BCUT2D eigenvalue weighted by Gasteiger charge is -2.09. The third kappa shape index (κ3) is 4.30. The number of nitrogens with two attached hydrogens (primary N) is 1. The van der Waals surface area contributed by atoms with E-state index in [0.29, 0.717) is 18.3 Å². The van der Waals surface area contributed by atoms with Crippen LogP contribution in [0, 0.1) is 0 Å². The Bertz CT molecular complexity index is 836. The largest absolute Gasteiger partial charge is 0.467 e. The summed E-state index contributed by atoms with van der Waals surface area (Å²) in [6.45, 7) is 1.12. The van der Waals surface area contributed by atoms with Crippen LogP contribution in [0.5, 0.6) is 0 Å². The number of anilines is 1. The SMILES string of the molecule is COCC(N)Cc1sc2c(NCc3ccco3)cc(Cl)nc2c1SC. The first-order chi connectivity index (χ1) is 12.1. The van der Waals surface area contributed by atoms with Crippen molar-refractivity contribution in [2.24, 2.45) is 5.73 Å². The zero-order valence-electron chi connectivity index (χ0n) is 14.0. The highest BCUT2D eigenvalue weighted by molar-refractivity contribution is 7.99. The summed E-state index contributed by atoms with van der Waals surface area (Å²) in [5, 5.41) is 3.87. The summed E-state index contributed by atoms with van der Waals surface area (Å²) in [6.07, 6.45) is 4.46. The first-order valence-corrected chi connectivity index (χ1v) is 10.2. The average Bonchev–Trinajstić information content (AvgIpc) is 3.20. The molecule has 0 amide bonds. The van der Waals surface area contributed by atoms with Crippen LogP contribution in [0.3, 0.4) is 0 Å². The van der Waals surface area contributed by atoms with E-state index < -0.39 is 0 Å². The molecular weight excluding hydrogens is 378 g/mol. The van der Waals surface area contributed by atoms with Crippen molar-refractivity contribution >= 4 is 50.6 Å². The number of furan rings is 1. The molecule has 3 aromatic heterocycles. The molecule has 5 nitrogen and oxygen atoms in total. The number of methoxy groups -OCH3 is 1. The summed E-state index contributed by atoms with van der Waals surface area (Å²) in [6, 6.07) is 5.62. The number of fused-ring (bicyclic) bond motifs is 1. The highest BCUT2D eigenvalue weighted by atomic mass is 35.5. The van der Waals surface area contributed by atoms with Gasteiger partial charge in [0.2, 0.25) is 0 Å². The van der Waals surface area contributed by atoms with Crippen molar-refractivity contribution in [1.82, 2.24) is 4.98 Å². The molecule has 0 aromatic carbocycles. The minimum Gasteiger partial charge on any atom is -0.467 e. The molecular formula is C17H20ClN3O2S2. The number of halogens is 1. The van der Waals surface area contributed by atoms with Gasteiger partial charge in [0.05, 0.1) is 35.3 Å². The molecule has 0 saturated carbocycles. The number of hydrogen-bond donors (Lipinski definition) is 2. The number of pyridine rings is 1. The van der Waals surface area contributed by atoms with Gasteiger partial charge >= 0.3 is 0 Å². The van der Waals surface area contributed by atoms with E-state index in [1.807, 2.05) is 24.5 Å². The lowest BCUT2D eigenvalue weighted by atomic mass is 10.2. The van der Waals surface area contributed by atoms with Crippen molar-refractivity contribution in [1.29, 1.82) is 0 Å². The first-order valence-electron chi connectivity index (χ1n) is 7.79. The summed E-state index contributed by atoms with van der Waals surface area (Å²) in [5.74, 6) is 0.866. The molecule has 0 radical (unpaired) electrons. The van der Waals surface area contributed by atoms with E-state index in [-0.39, 0.29) is 6.04 Å². The highest BCUT2D eigenvalue weighted by Crippen LogP contribution is 2.41. The molecule has 1 atom stereocenters. The Balaban J connectivity index is 1.95. The first kappa shape index (κ1) is 18.5. The van der Waals surface area contributed by atoms with E-state index >= 15 is 0 Å². The fourth-order valence-corrected chi connectivity index (χ4v) is 5.15. The van der Waals surface area contributed by atoms with Gasteiger partial charge in [0.25, 0.3) is 0 Å². The van der Waals surface area contributed by atoms with Crippen LogP contribution in [0.1, 0.15) is 10.6 Å². The maximum absolute atomic E-state index is 6.25. The second kappa shape index (κ2) is 8.42. The molecule has 0 aliphatic heterocycles. The van der Waals surface area contributed by atoms with Crippen LogP contribution in [0.2, 0.25) is 5.15 Å². The fourth-order valence-electron chi connectivity index (χ4n) is 2.64. The van der Waals surface area contributed by atoms with Crippen molar-refractivity contribution < 1.29 is 9.15 Å². The van der Waals surface area contributed by atoms with Gasteiger partial charge in [0.15, 0.2) is 0 Å². The summed E-state index contributed by atoms with van der Waals surface area (Å²) >= 11 is 9.63. The van der Waals surface area contributed by atoms with Gasteiger partial charge in [-0.2, -0.15) is 0 Å². The third-order valence-electron chi connectivity index (χ3n) is 3.70. The highest BCUT2D eigenvalue weighted by Gasteiger charge is 2.19. The molecule has 3 N–H and O–H groups in total. The van der Waals surface area contributed by atoms with Gasteiger partial charge < -0.3 is 20.2 Å². The minimum atomic E-state index is -0.0426. The summed E-state index contributed by atoms with van der Waals surface area (Å²) in [5.41, 5.74) is 8.03. The predicted octanol–water partition coefficient (Wildman–Crippen LogP) is 4.39. The Labute approximate surface area is 159 Å². The normalized spacial score (nSPS) is 12.6. The number of aromatic nitrogens is 1. The van der Waals surface area contributed by atoms with Gasteiger partial charge in [-0.1, -0.05) is 11.6 Å². The van der Waals surface area contributed by atoms with E-state index in [2.05, 4.69) is 10.3 Å². The van der Waals surface area contributed by atoms with Gasteiger partial charge in [-0.05, 0) is 18.4 Å². The van der Waals surface area contributed by atoms with Crippen molar-refractivity contribution in [2.45, 2.75) is 23.9 Å². The van der Waals surface area contributed by atoms with Gasteiger partial charge in [-0.15, -0.1) is 23.1 Å². The monoisotopic (exact) mass is 397 g/mol. The van der Waals surface area contributed by atoms with Crippen LogP contribution in [0.4, 0.5) is 5.69 Å². The number of rotatable bonds is 8. The van der Waals surface area contributed by atoms with E-state index in [4.69, 9.17) is 26.5 Å². The van der Waals surface area contributed by atoms with E-state index in [0.717, 1.165) is 33.0 Å². The van der Waals surface area contributed by atoms with Crippen LogP contribution in [-0.2, 0) is 17.7 Å². The fraction of sp³-hybridized carbons (Fsp3) is 0.353. The molecule has 134 valence electrons. The van der Waals surface area contributed by atoms with Crippen LogP contribution in [0.25, 0.3) is 10.2 Å². The summed E-state index contributed by atoms with van der Waals surface area (Å²) in [7, 11) is 1.66. The van der Waals surface area contributed by atoms with Crippen molar-refractivity contribution in [3.05, 3.63) is 40.3 Å². The Morgan fingerprint density at radius 1 is 1.52 bits per heavy atom. The summed E-state index contributed by atoms with van der Waals surface area (Å²) < 4.78 is 11.6. The molecule has 0 aliphatic carbocycles. The maximum atomic E-state index is 6.25. The molecule has 0 aliphatic rings. The Morgan fingerprint density at radius 3 is 3.04 bits per heavy atom. The van der Waals surface area contributed by atoms with E-state index in [1.165, 1.54) is 4.88 Å². The van der Waals surface area contributed by atoms with Crippen molar-refractivity contribution in [3.8, 4) is 0 Å². The topological polar surface area (TPSA) is 73.3 Å². The van der Waals surface area contributed by atoms with Crippen LogP contribution < -0.4 is 11.1 Å². The molecule has 0 fully saturated rings. The second-order valence-corrected chi connectivity index (χ2v) is 7.89. The molecule has 0 spiro atoms. The molecule has 3 heterocycles. The molecule has 3 aromatic rings. The molecule has 0 saturated heterocycles. The van der Waals surface area contributed by atoms with Gasteiger partial charge in [-0.25, -0.2) is 4.98 Å². The molecule has 1 unspecified atom stereocenters. The third-order valence-corrected chi connectivity index (χ3v) is 6.11. The number of thiophene rings is 1. The lowest BCUT2D eigenvalue weighted by molar-refractivity contribution is 0.180. The van der Waals surface area contributed by atoms with Crippen LogP contribution in [0.15, 0.2) is 33.8 Å². The van der Waals surface area contributed by atoms with Crippen molar-refractivity contribution in [3.63, 3.8) is 0 Å². The Morgan fingerprint density at radius 2 is 2.36 bits per heavy atom. The number of nitrogens with zero attached hydrogens (tertiary/aromatic N) is 1. The average molecular weight is 398 g/mol. The maximum Gasteiger partial charge on any atom is 0.131 e. The number of nitrogens with one attached hydrogen (secondary N) is 1. The van der Waals surface area contributed by atoms with Gasteiger partial charge in [-0.3, -0.25) is 0 Å². The second-order valence-electron chi connectivity index (χ2n) is 5.58. The van der Waals surface area contributed by atoms with Crippen LogP contribution in [-0.4, -0.2) is 31.0 Å². The number of hydrogen-bond acceptors (Lipinski definition) is 7. The van der Waals surface area contributed by atoms with E-state index in [9.17, 15) is 0 Å². The Hall–Kier alpha value is -1.25. The number of ether oxygens (including phenoxy) is 1.